The minimum Gasteiger partial charge on any atom is -0.376 e. The van der Waals surface area contributed by atoms with Gasteiger partial charge < -0.3 is 26.0 Å². The lowest BCUT2D eigenvalue weighted by atomic mass is 10.0. The van der Waals surface area contributed by atoms with Crippen LogP contribution in [0.15, 0.2) is 28.5 Å². The van der Waals surface area contributed by atoms with Crippen molar-refractivity contribution in [3.8, 4) is 0 Å². The predicted molar refractivity (Wildman–Crippen MR) is 83.5 cm³/mol. The lowest BCUT2D eigenvalue weighted by Crippen LogP contribution is -2.29. The highest BCUT2D eigenvalue weighted by atomic mass is 16.5. The van der Waals surface area contributed by atoms with Gasteiger partial charge >= 0.3 is 0 Å². The first-order chi connectivity index (χ1) is 10.0. The molecule has 0 radical (unpaired) electrons. The summed E-state index contributed by atoms with van der Waals surface area (Å²) >= 11 is 0. The second kappa shape index (κ2) is 5.69. The number of nitrogens with zero attached hydrogens (tertiary/aromatic N) is 3. The van der Waals surface area contributed by atoms with Gasteiger partial charge in [-0.15, -0.1) is 0 Å². The summed E-state index contributed by atoms with van der Waals surface area (Å²) in [5, 5.41) is 0. The molecule has 4 N–H and O–H groups in total. The van der Waals surface area contributed by atoms with E-state index in [1.54, 1.807) is 0 Å². The number of hydrogen-bond acceptors (Lipinski definition) is 4. The summed E-state index contributed by atoms with van der Waals surface area (Å²) < 4.78 is 5.58. The maximum absolute atomic E-state index is 5.58. The van der Waals surface area contributed by atoms with Crippen molar-refractivity contribution in [2.75, 3.05) is 46.4 Å². The fraction of sp³-hybridized carbons (Fsp3) is 0.667. The smallest absolute Gasteiger partial charge is 0.190 e. The van der Waals surface area contributed by atoms with Crippen LogP contribution in [0.3, 0.4) is 0 Å². The van der Waals surface area contributed by atoms with Gasteiger partial charge in [0.2, 0.25) is 0 Å². The highest BCUT2D eigenvalue weighted by Gasteiger charge is 2.39. The third kappa shape index (κ3) is 2.91. The molecule has 0 saturated carbocycles. The number of guanidine groups is 1. The molecule has 6 nitrogen and oxygen atoms in total. The molecule has 3 aliphatic heterocycles. The zero-order chi connectivity index (χ0) is 15.0. The predicted octanol–water partition coefficient (Wildman–Crippen LogP) is -0.0587. The van der Waals surface area contributed by atoms with E-state index in [1.807, 2.05) is 0 Å². The summed E-state index contributed by atoms with van der Waals surface area (Å²) in [6, 6.07) is 0. The van der Waals surface area contributed by atoms with Crippen molar-refractivity contribution in [2.24, 2.45) is 28.3 Å². The van der Waals surface area contributed by atoms with Crippen molar-refractivity contribution in [1.29, 1.82) is 0 Å². The normalized spacial score (nSPS) is 29.7. The summed E-state index contributed by atoms with van der Waals surface area (Å²) in [7, 11) is 2.20. The molecule has 2 saturated heterocycles. The van der Waals surface area contributed by atoms with Gasteiger partial charge in [-0.05, 0) is 18.9 Å². The number of hydrogen-bond donors (Lipinski definition) is 2. The average molecular weight is 291 g/mol. The highest BCUT2D eigenvalue weighted by Crippen LogP contribution is 2.35. The van der Waals surface area contributed by atoms with Crippen LogP contribution in [0.1, 0.15) is 6.42 Å². The van der Waals surface area contributed by atoms with Crippen LogP contribution in [0.25, 0.3) is 0 Å². The van der Waals surface area contributed by atoms with Crippen molar-refractivity contribution in [3.05, 3.63) is 23.5 Å². The van der Waals surface area contributed by atoms with E-state index in [0.717, 1.165) is 48.3 Å². The van der Waals surface area contributed by atoms with Crippen molar-refractivity contribution in [3.63, 3.8) is 0 Å². The van der Waals surface area contributed by atoms with Gasteiger partial charge in [-0.2, -0.15) is 0 Å². The Balaban J connectivity index is 1.75. The maximum Gasteiger partial charge on any atom is 0.190 e. The van der Waals surface area contributed by atoms with E-state index < -0.39 is 0 Å². The molecule has 0 spiro atoms. The van der Waals surface area contributed by atoms with Crippen LogP contribution in [-0.4, -0.2) is 62.2 Å². The van der Waals surface area contributed by atoms with Crippen molar-refractivity contribution in [1.82, 2.24) is 9.80 Å². The SMILES string of the molecule is C=C(C1=C(N=C(N)N)CCOC1)N1CC2CN(C)CC2C1. The summed E-state index contributed by atoms with van der Waals surface area (Å²) in [5.41, 5.74) is 14.1. The fourth-order valence-electron chi connectivity index (χ4n) is 3.75. The van der Waals surface area contributed by atoms with Gasteiger partial charge in [-0.3, -0.25) is 0 Å². The molecule has 116 valence electrons. The lowest BCUT2D eigenvalue weighted by Gasteiger charge is -2.28. The Morgan fingerprint density at radius 1 is 1.24 bits per heavy atom. The first-order valence-electron chi connectivity index (χ1n) is 7.56. The van der Waals surface area contributed by atoms with E-state index in [1.165, 1.54) is 13.1 Å². The van der Waals surface area contributed by atoms with Crippen LogP contribution in [-0.2, 0) is 4.74 Å². The molecule has 0 aliphatic carbocycles. The number of fused-ring (bicyclic) bond motifs is 1. The molecule has 3 heterocycles. The molecule has 0 aromatic rings. The number of ether oxygens (including phenoxy) is 1. The number of nitrogens with two attached hydrogens (primary N) is 2. The van der Waals surface area contributed by atoms with Gasteiger partial charge in [-0.1, -0.05) is 6.58 Å². The Morgan fingerprint density at radius 3 is 2.52 bits per heavy atom. The van der Waals surface area contributed by atoms with E-state index in [-0.39, 0.29) is 5.96 Å². The monoisotopic (exact) mass is 291 g/mol. The summed E-state index contributed by atoms with van der Waals surface area (Å²) in [6.45, 7) is 10.0. The molecule has 21 heavy (non-hydrogen) atoms. The highest BCUT2D eigenvalue weighted by molar-refractivity contribution is 5.77. The number of aliphatic imine (C=N–C) groups is 1. The quantitative estimate of drug-likeness (QED) is 0.562. The van der Waals surface area contributed by atoms with Crippen LogP contribution in [0.5, 0.6) is 0 Å². The van der Waals surface area contributed by atoms with Crippen LogP contribution in [0.4, 0.5) is 0 Å². The van der Waals surface area contributed by atoms with Gasteiger partial charge in [0.15, 0.2) is 5.96 Å². The summed E-state index contributed by atoms with van der Waals surface area (Å²) in [5.74, 6) is 1.61. The summed E-state index contributed by atoms with van der Waals surface area (Å²) in [6.07, 6.45) is 0.746. The third-order valence-electron chi connectivity index (χ3n) is 4.74. The van der Waals surface area contributed by atoms with Crippen molar-refractivity contribution < 1.29 is 4.74 Å². The Morgan fingerprint density at radius 2 is 1.90 bits per heavy atom. The first-order valence-corrected chi connectivity index (χ1v) is 7.56. The minimum absolute atomic E-state index is 0.108. The van der Waals surface area contributed by atoms with E-state index in [4.69, 9.17) is 16.2 Å². The Labute approximate surface area is 126 Å². The lowest BCUT2D eigenvalue weighted by molar-refractivity contribution is 0.144. The standard InChI is InChI=1S/C15H25N5O/c1-10(13-9-21-4-3-14(13)18-15(16)17)20-7-11-5-19(2)6-12(11)8-20/h11-12H,1,3-9H2,2H3,(H4,16,17,18). The average Bonchev–Trinajstić information content (AvgIpc) is 2.95. The second-order valence-electron chi connectivity index (χ2n) is 6.36. The number of rotatable bonds is 3. The maximum atomic E-state index is 5.58. The van der Waals surface area contributed by atoms with Crippen LogP contribution < -0.4 is 11.5 Å². The van der Waals surface area contributed by atoms with Gasteiger partial charge in [-0.25, -0.2) is 4.99 Å². The largest absolute Gasteiger partial charge is 0.376 e. The molecule has 6 heteroatoms. The van der Waals surface area contributed by atoms with E-state index in [9.17, 15) is 0 Å². The minimum atomic E-state index is 0.108. The topological polar surface area (TPSA) is 80.1 Å². The fourth-order valence-corrected chi connectivity index (χ4v) is 3.75. The van der Waals surface area contributed by atoms with E-state index in [0.29, 0.717) is 13.2 Å². The third-order valence-corrected chi connectivity index (χ3v) is 4.74. The van der Waals surface area contributed by atoms with Gasteiger partial charge in [0, 0.05) is 43.9 Å². The Hall–Kier alpha value is -1.53. The van der Waals surface area contributed by atoms with Crippen LogP contribution >= 0.6 is 0 Å². The van der Waals surface area contributed by atoms with Gasteiger partial charge in [0.05, 0.1) is 18.9 Å². The molecular weight excluding hydrogens is 266 g/mol. The molecule has 0 amide bonds. The molecule has 2 atom stereocenters. The zero-order valence-corrected chi connectivity index (χ0v) is 12.7. The summed E-state index contributed by atoms with van der Waals surface area (Å²) in [4.78, 5) is 9.07. The molecule has 0 aromatic carbocycles. The number of likely N-dealkylation sites (tertiary alicyclic amines) is 2. The molecule has 2 unspecified atom stereocenters. The van der Waals surface area contributed by atoms with Gasteiger partial charge in [0.25, 0.3) is 0 Å². The first kappa shape index (κ1) is 14.4. The van der Waals surface area contributed by atoms with E-state index in [2.05, 4.69) is 28.4 Å². The molecule has 3 aliphatic rings. The van der Waals surface area contributed by atoms with Crippen molar-refractivity contribution in [2.45, 2.75) is 6.42 Å². The molecule has 0 bridgehead atoms. The van der Waals surface area contributed by atoms with Crippen LogP contribution in [0.2, 0.25) is 0 Å². The molecule has 0 aromatic heterocycles. The van der Waals surface area contributed by atoms with Crippen LogP contribution in [0, 0.1) is 11.8 Å². The Kier molecular flexibility index (Phi) is 3.91. The zero-order valence-electron chi connectivity index (χ0n) is 12.7. The van der Waals surface area contributed by atoms with Crippen molar-refractivity contribution >= 4 is 5.96 Å². The van der Waals surface area contributed by atoms with E-state index >= 15 is 0 Å². The molecular formula is C15H25N5O. The Bertz CT molecular complexity index is 480. The van der Waals surface area contributed by atoms with Gasteiger partial charge in [0.1, 0.15) is 0 Å². The second-order valence-corrected chi connectivity index (χ2v) is 6.36. The molecule has 2 fully saturated rings. The molecule has 3 rings (SSSR count).